The Bertz CT molecular complexity index is 3050. The fraction of sp³-hybridized carbons (Fsp3) is 0.0175. The van der Waals surface area contributed by atoms with Crippen molar-refractivity contribution in [3.8, 4) is 33.4 Å². The molecule has 59 heavy (non-hydrogen) atoms. The van der Waals surface area contributed by atoms with Crippen LogP contribution in [0.4, 0.5) is 5.69 Å². The largest absolute Gasteiger partial charge is 0.456 e. The third-order valence-electron chi connectivity index (χ3n) is 10.8. The van der Waals surface area contributed by atoms with E-state index < -0.39 is 0 Å². The first-order valence-corrected chi connectivity index (χ1v) is 20.1. The van der Waals surface area contributed by atoms with Crippen LogP contribution in [0, 0.1) is 0 Å². The minimum absolute atomic E-state index is 0.759. The van der Waals surface area contributed by atoms with E-state index in [1.807, 2.05) is 24.3 Å². The number of anilines is 1. The maximum Gasteiger partial charge on any atom is 0.136 e. The number of allylic oxidation sites excluding steroid dienone is 5. The van der Waals surface area contributed by atoms with Crippen LogP contribution in [0.2, 0.25) is 0 Å². The summed E-state index contributed by atoms with van der Waals surface area (Å²) in [6.45, 7) is 3.81. The third-order valence-corrected chi connectivity index (χ3v) is 10.8. The molecule has 0 atom stereocenters. The van der Waals surface area contributed by atoms with Crippen molar-refractivity contribution in [2.24, 2.45) is 0 Å². The Balaban J connectivity index is 1.05. The molecule has 1 N–H and O–H groups in total. The van der Waals surface area contributed by atoms with Gasteiger partial charge in [0.15, 0.2) is 0 Å². The number of hydrogen-bond donors (Lipinski definition) is 1. The summed E-state index contributed by atoms with van der Waals surface area (Å²) >= 11 is 0. The third kappa shape index (κ3) is 8.25. The lowest BCUT2D eigenvalue weighted by Gasteiger charge is -2.12. The minimum atomic E-state index is 0.759. The second-order valence-electron chi connectivity index (χ2n) is 14.6. The number of hydrogen-bond acceptors (Lipinski definition) is 2. The smallest absolute Gasteiger partial charge is 0.136 e. The predicted octanol–water partition coefficient (Wildman–Crippen LogP) is 15.8. The van der Waals surface area contributed by atoms with E-state index in [0.29, 0.717) is 0 Å². The maximum atomic E-state index is 6.23. The van der Waals surface area contributed by atoms with E-state index in [9.17, 15) is 0 Å². The van der Waals surface area contributed by atoms with Crippen molar-refractivity contribution in [1.29, 1.82) is 0 Å². The van der Waals surface area contributed by atoms with Crippen molar-refractivity contribution in [3.05, 3.63) is 241 Å². The van der Waals surface area contributed by atoms with Crippen LogP contribution < -0.4 is 5.32 Å². The quantitative estimate of drug-likeness (QED) is 0.0992. The van der Waals surface area contributed by atoms with E-state index in [1.54, 1.807) is 6.08 Å². The first kappa shape index (κ1) is 36.9. The molecule has 0 amide bonds. The lowest BCUT2D eigenvalue weighted by atomic mass is 9.96. The molecule has 0 unspecified atom stereocenters. The predicted molar refractivity (Wildman–Crippen MR) is 254 cm³/mol. The monoisotopic (exact) mass is 757 g/mol. The summed E-state index contributed by atoms with van der Waals surface area (Å²) in [7, 11) is 0. The van der Waals surface area contributed by atoms with Crippen LogP contribution >= 0.6 is 0 Å². The molecule has 9 rings (SSSR count). The summed E-state index contributed by atoms with van der Waals surface area (Å²) in [6, 6.07) is 62.4. The lowest BCUT2D eigenvalue weighted by molar-refractivity contribution is 0.669. The Kier molecular flexibility index (Phi) is 10.8. The molecule has 0 aliphatic heterocycles. The van der Waals surface area contributed by atoms with E-state index in [2.05, 4.69) is 212 Å². The van der Waals surface area contributed by atoms with Crippen LogP contribution in [0.25, 0.3) is 84.3 Å². The van der Waals surface area contributed by atoms with E-state index >= 15 is 0 Å². The van der Waals surface area contributed by atoms with Gasteiger partial charge in [-0.3, -0.25) is 0 Å². The average Bonchev–Trinajstić information content (AvgIpc) is 3.69. The van der Waals surface area contributed by atoms with Crippen LogP contribution in [0.3, 0.4) is 0 Å². The fourth-order valence-electron chi connectivity index (χ4n) is 7.76. The molecule has 2 nitrogen and oxygen atoms in total. The van der Waals surface area contributed by atoms with E-state index in [0.717, 1.165) is 61.9 Å². The SMILES string of the molecule is C=C/C=C\C=C/Cc1cc(-c2ccc3ccc4oc5ccccc5c4c3c2)ccc1N/C=C/c1cc(-c2ccccc2)ccc1/C=C\c1cccc(-c2ccccc2)c1. The van der Waals surface area contributed by atoms with Crippen molar-refractivity contribution in [1.82, 2.24) is 0 Å². The van der Waals surface area contributed by atoms with Gasteiger partial charge in [-0.05, 0) is 121 Å². The Labute approximate surface area is 346 Å². The highest BCUT2D eigenvalue weighted by atomic mass is 16.3. The van der Waals surface area contributed by atoms with Gasteiger partial charge >= 0.3 is 0 Å². The van der Waals surface area contributed by atoms with Gasteiger partial charge in [0.25, 0.3) is 0 Å². The van der Waals surface area contributed by atoms with Crippen LogP contribution in [0.1, 0.15) is 22.3 Å². The molecular formula is C57H43NO. The molecule has 8 aromatic carbocycles. The zero-order chi connectivity index (χ0) is 39.8. The molecule has 0 aliphatic rings. The standard InChI is InChI=1S/C57H43NO/c1-2-3-4-5-8-21-51-39-48(49-30-28-45-32-34-56-57(53(45)40-49)52-23-13-14-24-55(52)59-56)31-33-54(51)58-36-35-50-38-47(43-19-11-7-12-20-43)29-27-44(50)26-25-41-16-15-22-46(37-41)42-17-9-6-10-18-42/h2-20,22-40,58H,1,21H2/b4-3-,8-5-,26-25-,36-35+. The molecule has 0 fully saturated rings. The first-order chi connectivity index (χ1) is 29.2. The number of benzene rings is 8. The Morgan fingerprint density at radius 2 is 1.17 bits per heavy atom. The van der Waals surface area contributed by atoms with Crippen LogP contribution in [0.5, 0.6) is 0 Å². The van der Waals surface area contributed by atoms with Crippen molar-refractivity contribution < 1.29 is 4.42 Å². The van der Waals surface area contributed by atoms with Gasteiger partial charge in [0.1, 0.15) is 11.2 Å². The second kappa shape index (κ2) is 17.2. The number of rotatable bonds is 12. The summed E-state index contributed by atoms with van der Waals surface area (Å²) < 4.78 is 6.23. The highest BCUT2D eigenvalue weighted by molar-refractivity contribution is 6.19. The van der Waals surface area contributed by atoms with Gasteiger partial charge in [0.05, 0.1) is 0 Å². The van der Waals surface area contributed by atoms with E-state index in [4.69, 9.17) is 4.42 Å². The van der Waals surface area contributed by atoms with Gasteiger partial charge in [0.2, 0.25) is 0 Å². The molecule has 0 radical (unpaired) electrons. The molecule has 1 heterocycles. The van der Waals surface area contributed by atoms with Crippen molar-refractivity contribution >= 4 is 56.6 Å². The highest BCUT2D eigenvalue weighted by Gasteiger charge is 2.12. The average molecular weight is 758 g/mol. The zero-order valence-electron chi connectivity index (χ0n) is 32.8. The summed E-state index contributed by atoms with van der Waals surface area (Å²) in [5, 5.41) is 8.35. The molecule has 282 valence electrons. The number of nitrogens with one attached hydrogen (secondary N) is 1. The van der Waals surface area contributed by atoms with Crippen molar-refractivity contribution in [2.45, 2.75) is 6.42 Å². The lowest BCUT2D eigenvalue weighted by Crippen LogP contribution is -1.95. The normalized spacial score (nSPS) is 11.9. The summed E-state index contributed by atoms with van der Waals surface area (Å²) in [6.07, 6.45) is 19.4. The van der Waals surface area contributed by atoms with Crippen LogP contribution in [-0.4, -0.2) is 0 Å². The number of furan rings is 1. The molecule has 1 aromatic heterocycles. The maximum absolute atomic E-state index is 6.23. The van der Waals surface area contributed by atoms with Crippen LogP contribution in [0.15, 0.2) is 224 Å². The summed E-state index contributed by atoms with van der Waals surface area (Å²) in [5.41, 5.74) is 14.6. The highest BCUT2D eigenvalue weighted by Crippen LogP contribution is 2.37. The zero-order valence-corrected chi connectivity index (χ0v) is 32.8. The van der Waals surface area contributed by atoms with E-state index in [-0.39, 0.29) is 0 Å². The van der Waals surface area contributed by atoms with Gasteiger partial charge in [-0.1, -0.05) is 183 Å². The number of para-hydroxylation sites is 1. The molecule has 0 bridgehead atoms. The molecule has 9 aromatic rings. The van der Waals surface area contributed by atoms with Crippen molar-refractivity contribution in [2.75, 3.05) is 5.32 Å². The number of fused-ring (bicyclic) bond motifs is 5. The van der Waals surface area contributed by atoms with Crippen LogP contribution in [-0.2, 0) is 6.42 Å². The van der Waals surface area contributed by atoms with Gasteiger partial charge in [-0.15, -0.1) is 0 Å². The fourth-order valence-corrected chi connectivity index (χ4v) is 7.76. The first-order valence-electron chi connectivity index (χ1n) is 20.1. The Morgan fingerprint density at radius 3 is 2.00 bits per heavy atom. The van der Waals surface area contributed by atoms with Gasteiger partial charge < -0.3 is 9.73 Å². The molecule has 0 saturated carbocycles. The van der Waals surface area contributed by atoms with Gasteiger partial charge in [-0.2, -0.15) is 0 Å². The Hall–Kier alpha value is -7.68. The molecule has 0 saturated heterocycles. The second-order valence-corrected chi connectivity index (χ2v) is 14.6. The topological polar surface area (TPSA) is 25.2 Å². The Morgan fingerprint density at radius 1 is 0.475 bits per heavy atom. The van der Waals surface area contributed by atoms with Gasteiger partial charge in [0, 0.05) is 22.7 Å². The van der Waals surface area contributed by atoms with Crippen molar-refractivity contribution in [3.63, 3.8) is 0 Å². The van der Waals surface area contributed by atoms with Gasteiger partial charge in [-0.25, -0.2) is 0 Å². The molecule has 2 heteroatoms. The summed E-state index contributed by atoms with van der Waals surface area (Å²) in [5.74, 6) is 0. The summed E-state index contributed by atoms with van der Waals surface area (Å²) in [4.78, 5) is 0. The molecule has 0 spiro atoms. The molecular weight excluding hydrogens is 715 g/mol. The molecule has 0 aliphatic carbocycles. The van der Waals surface area contributed by atoms with E-state index in [1.165, 1.54) is 38.6 Å². The minimum Gasteiger partial charge on any atom is -0.456 e.